The lowest BCUT2D eigenvalue weighted by Crippen LogP contribution is -2.48. The second-order valence-corrected chi connectivity index (χ2v) is 33.0. The van der Waals surface area contributed by atoms with E-state index < -0.39 is 85.6 Å². The second kappa shape index (κ2) is 33.0. The number of carbonyl (C=O) groups is 3. The van der Waals surface area contributed by atoms with E-state index in [1.165, 1.54) is 62.9 Å². The molecule has 6 atom stereocenters. The Kier molecular flexibility index (Phi) is 26.7. The van der Waals surface area contributed by atoms with Crippen LogP contribution in [0.5, 0.6) is 0 Å². The molecule has 0 radical (unpaired) electrons. The number of allylic oxidation sites excluding steroid dienone is 6. The number of ether oxygens (including phenoxy) is 2. The van der Waals surface area contributed by atoms with Crippen LogP contribution in [0.15, 0.2) is 94.8 Å². The first-order chi connectivity index (χ1) is 45.0. The minimum atomic E-state index is -5.79. The number of nitrogens with two attached hydrogens (primary N) is 1. The molecule has 0 spiro atoms. The zero-order chi connectivity index (χ0) is 70.6. The number of rotatable bonds is 34. The van der Waals surface area contributed by atoms with Gasteiger partial charge in [0.1, 0.15) is 42.7 Å². The van der Waals surface area contributed by atoms with Gasteiger partial charge < -0.3 is 65.3 Å². The van der Waals surface area contributed by atoms with E-state index in [0.717, 1.165) is 28.3 Å². The van der Waals surface area contributed by atoms with Gasteiger partial charge in [-0.1, -0.05) is 65.5 Å². The number of fused-ring (bicyclic) bond motifs is 3. The van der Waals surface area contributed by atoms with Gasteiger partial charge in [0.2, 0.25) is 23.4 Å². The van der Waals surface area contributed by atoms with Gasteiger partial charge in [0.15, 0.2) is 5.71 Å². The Hall–Kier alpha value is -5.67. The number of aliphatic hydroxyl groups is 1. The maximum atomic E-state index is 13.5. The fourth-order valence-corrected chi connectivity index (χ4v) is 17.2. The van der Waals surface area contributed by atoms with Crippen LogP contribution in [-0.2, 0) is 81.8 Å². The summed E-state index contributed by atoms with van der Waals surface area (Å²) in [6.07, 6.45) is 10.8. The highest BCUT2D eigenvalue weighted by Gasteiger charge is 2.46. The van der Waals surface area contributed by atoms with Crippen LogP contribution in [-0.4, -0.2) is 169 Å². The van der Waals surface area contributed by atoms with Gasteiger partial charge >= 0.3 is 23.5 Å². The molecule has 96 heavy (non-hydrogen) atoms. The summed E-state index contributed by atoms with van der Waals surface area (Å²) in [5.74, 6) is 5.26. The third-order valence-corrected chi connectivity index (χ3v) is 23.5. The van der Waals surface area contributed by atoms with Crippen molar-refractivity contribution < 1.29 is 106 Å². The first-order valence-corrected chi connectivity index (χ1v) is 40.0. The molecule has 1 saturated heterocycles. The van der Waals surface area contributed by atoms with Crippen LogP contribution in [0.1, 0.15) is 109 Å². The Bertz CT molecular complexity index is 4130. The smallest absolute Gasteiger partial charge is 0.390 e. The minimum absolute atomic E-state index is 0.0310. The number of nitrogens with zero attached hydrogens (tertiary/aromatic N) is 5. The van der Waals surface area contributed by atoms with E-state index in [0.29, 0.717) is 80.8 Å². The summed E-state index contributed by atoms with van der Waals surface area (Å²) in [6.45, 7) is 13.1. The van der Waals surface area contributed by atoms with Gasteiger partial charge in [-0.2, -0.15) is 30.0 Å². The first-order valence-electron chi connectivity index (χ1n) is 30.1. The zero-order valence-corrected chi connectivity index (χ0v) is 59.1. The summed E-state index contributed by atoms with van der Waals surface area (Å²) in [5.41, 5.74) is 10.2. The van der Waals surface area contributed by atoms with Gasteiger partial charge in [-0.05, 0) is 88.9 Å². The molecule has 3 aliphatic heterocycles. The van der Waals surface area contributed by atoms with Crippen molar-refractivity contribution in [2.24, 2.45) is 0 Å². The Morgan fingerprint density at radius 1 is 0.875 bits per heavy atom. The van der Waals surface area contributed by atoms with E-state index in [1.54, 1.807) is 12.1 Å². The molecule has 7 rings (SSSR count). The molecule has 4 aromatic rings. The molecule has 526 valence electrons. The number of benzene rings is 2. The number of phosphoric acid groups is 3. The van der Waals surface area contributed by atoms with Gasteiger partial charge in [0.05, 0.1) is 45.4 Å². The SMILES string of the molecule is CCOCCCNC(=O)C(CSSCCC(=O)NCC#Cc1cn([C@H]2CC(O)[C@@H](COP(=O)(O)OP(=O)(O)OP(=O)(O)O)O2)c2ncnc(N)c12)NC(=O)CCCCC[N+]1=C(C=CC=CC=C2N(CC)c3ccc(S(=O)(=O)O)cc3C2(C)C)C(C)(C)c2cc(S(=O)(=O)O)ccc21. The molecule has 3 amide bonds. The van der Waals surface area contributed by atoms with Crippen molar-refractivity contribution in [3.8, 4) is 11.8 Å². The summed E-state index contributed by atoms with van der Waals surface area (Å²) in [7, 11) is -23.2. The highest BCUT2D eigenvalue weighted by molar-refractivity contribution is 8.76. The highest BCUT2D eigenvalue weighted by atomic mass is 33.1. The van der Waals surface area contributed by atoms with E-state index in [9.17, 15) is 68.9 Å². The van der Waals surface area contributed by atoms with Crippen LogP contribution in [0.3, 0.4) is 0 Å². The molecule has 0 bridgehead atoms. The van der Waals surface area contributed by atoms with Crippen LogP contribution in [0, 0.1) is 11.8 Å². The minimum Gasteiger partial charge on any atom is -0.390 e. The number of anilines is 2. The van der Waals surface area contributed by atoms with Crippen LogP contribution < -0.4 is 26.6 Å². The number of carbonyl (C=O) groups excluding carboxylic acids is 3. The monoisotopic (exact) mass is 1470 g/mol. The molecule has 4 unspecified atom stereocenters. The van der Waals surface area contributed by atoms with Crippen molar-refractivity contribution in [3.63, 3.8) is 0 Å². The van der Waals surface area contributed by atoms with Crippen molar-refractivity contribution in [2.45, 2.75) is 132 Å². The van der Waals surface area contributed by atoms with Gasteiger partial charge in [-0.3, -0.25) is 28.0 Å². The Morgan fingerprint density at radius 2 is 1.58 bits per heavy atom. The van der Waals surface area contributed by atoms with Crippen molar-refractivity contribution in [2.75, 3.05) is 68.1 Å². The highest BCUT2D eigenvalue weighted by Crippen LogP contribution is 2.66. The van der Waals surface area contributed by atoms with Crippen molar-refractivity contribution in [3.05, 3.63) is 102 Å². The fraction of sp³-hybridized carbons (Fsp3) is 0.483. The number of aliphatic hydroxyl groups excluding tert-OH is 1. The molecule has 1 fully saturated rings. The quantitative estimate of drug-likeness (QED) is 0.00470. The van der Waals surface area contributed by atoms with Crippen molar-refractivity contribution >= 4 is 117 Å². The Labute approximate surface area is 563 Å². The average molecular weight is 1480 g/mol. The van der Waals surface area contributed by atoms with Crippen molar-refractivity contribution in [1.29, 1.82) is 0 Å². The van der Waals surface area contributed by atoms with Crippen LogP contribution >= 0.6 is 45.1 Å². The number of phosphoric ester groups is 1. The van der Waals surface area contributed by atoms with Gasteiger partial charge in [-0.15, -0.1) is 0 Å². The Balaban J connectivity index is 0.908. The van der Waals surface area contributed by atoms with E-state index in [4.69, 9.17) is 25.0 Å². The number of hydrogen-bond acceptors (Lipinski definition) is 22. The third-order valence-electron chi connectivity index (χ3n) is 15.6. The number of amides is 3. The topological polar surface area (TPSA) is 458 Å². The van der Waals surface area contributed by atoms with Gasteiger partial charge in [0.25, 0.3) is 20.2 Å². The fourth-order valence-electron chi connectivity index (χ4n) is 11.0. The largest absolute Gasteiger partial charge is 0.490 e. The Morgan fingerprint density at radius 3 is 2.27 bits per heavy atom. The van der Waals surface area contributed by atoms with Gasteiger partial charge in [-0.25, -0.2) is 23.7 Å². The number of unbranched alkanes of at least 4 members (excludes halogenated alkanes) is 2. The molecule has 5 heterocycles. The summed E-state index contributed by atoms with van der Waals surface area (Å²) >= 11 is 0. The lowest BCUT2D eigenvalue weighted by molar-refractivity contribution is -0.438. The molecule has 2 aromatic carbocycles. The number of aromatic nitrogens is 3. The normalized spacial score (nSPS) is 19.7. The van der Waals surface area contributed by atoms with E-state index in [2.05, 4.69) is 60.4 Å². The molecular weight excluding hydrogens is 1400 g/mol. The molecular formula is C58H79N9O22P3S4+. The molecule has 12 N–H and O–H groups in total. The first kappa shape index (κ1) is 77.7. The zero-order valence-electron chi connectivity index (χ0n) is 53.2. The second-order valence-electron chi connectivity index (χ2n) is 23.1. The lowest BCUT2D eigenvalue weighted by Gasteiger charge is -2.25. The maximum Gasteiger partial charge on any atom is 0.490 e. The average Bonchev–Trinajstić information content (AvgIpc) is 1.60. The van der Waals surface area contributed by atoms with Crippen molar-refractivity contribution in [1.82, 2.24) is 30.5 Å². The molecule has 0 aliphatic carbocycles. The van der Waals surface area contributed by atoms with Gasteiger partial charge in [0, 0.05) is 104 Å². The summed E-state index contributed by atoms with van der Waals surface area (Å²) in [6, 6.07) is 8.18. The summed E-state index contributed by atoms with van der Waals surface area (Å²) in [5, 5.41) is 19.5. The number of likely N-dealkylation sites (N-methyl/N-ethyl adjacent to an activating group) is 1. The van der Waals surface area contributed by atoms with E-state index in [1.807, 2.05) is 71.9 Å². The molecule has 31 nitrogen and oxygen atoms in total. The molecule has 38 heteroatoms. The van der Waals surface area contributed by atoms with Crippen LogP contribution in [0.4, 0.5) is 17.2 Å². The lowest BCUT2D eigenvalue weighted by atomic mass is 9.81. The standard InChI is InChI=1S/C58H78N9O22P3S4/c1-7-65-44-23-21-39(95(79,80)81)31-41(44)57(3,4)48(65)18-11-9-12-19-49-58(5,6)42-32-40(96(82,83)84)22-24-45(42)66(49)28-14-10-13-20-51(70)64-43(56(71)61-27-16-29-85-8-2)36-94-93-30-25-50(69)60-26-15-17-38-34-67(55-53(38)54(59)62-37-63-55)52-33-46(68)47(87-52)35-86-91(75,76)89-92(77,78)88-90(72,73)74/h9,11-12,18-19,21-24,31-32,34,37,43,46-47,52,68H,7-8,10,13-14,16,20,25-30,33,35-36H2,1-6H3,(H10-,59,60,61,62,63,64,69,70,71,72,73,74,75,76,77,78,79,80,81,82,83,84)/p+1/t43?,46?,47-,52-/m1/s1. The maximum absolute atomic E-state index is 13.5. The van der Waals surface area contributed by atoms with E-state index >= 15 is 0 Å². The predicted octanol–water partition coefficient (Wildman–Crippen LogP) is 6.22. The molecule has 2 aromatic heterocycles. The molecule has 3 aliphatic rings. The summed E-state index contributed by atoms with van der Waals surface area (Å²) in [4.78, 5) is 86.7. The third kappa shape index (κ3) is 20.7. The predicted molar refractivity (Wildman–Crippen MR) is 358 cm³/mol. The number of nitrogen functional groups attached to an aromatic ring is 1. The number of nitrogens with one attached hydrogen (secondary N) is 3. The number of hydrogen-bond donors (Lipinski definition) is 11. The van der Waals surface area contributed by atoms with Crippen LogP contribution in [0.2, 0.25) is 0 Å². The van der Waals surface area contributed by atoms with E-state index in [-0.39, 0.29) is 70.5 Å². The molecule has 0 saturated carbocycles. The van der Waals surface area contributed by atoms with Crippen LogP contribution in [0.25, 0.3) is 11.0 Å². The summed E-state index contributed by atoms with van der Waals surface area (Å²) < 4.78 is 130.